The lowest BCUT2D eigenvalue weighted by Crippen LogP contribution is -2.48. The van der Waals surface area contributed by atoms with Gasteiger partial charge in [0.2, 0.25) is 10.0 Å². The Hall–Kier alpha value is -2.66. The number of esters is 1. The fourth-order valence-electron chi connectivity index (χ4n) is 3.45. The summed E-state index contributed by atoms with van der Waals surface area (Å²) in [6.45, 7) is 0.229. The number of ether oxygens (including phenoxy) is 2. The van der Waals surface area contributed by atoms with Gasteiger partial charge in [0.1, 0.15) is 11.9 Å². The van der Waals surface area contributed by atoms with Crippen LogP contribution in [0.25, 0.3) is 0 Å². The second-order valence-corrected chi connectivity index (χ2v) is 9.44. The van der Waals surface area contributed by atoms with Gasteiger partial charge in [-0.1, -0.05) is 6.07 Å². The van der Waals surface area contributed by atoms with E-state index in [0.29, 0.717) is 18.5 Å². The lowest BCUT2D eigenvalue weighted by atomic mass is 10.1. The number of hydrogen-bond donors (Lipinski definition) is 0. The summed E-state index contributed by atoms with van der Waals surface area (Å²) < 4.78 is 76.0. The van der Waals surface area contributed by atoms with Crippen molar-refractivity contribution in [2.24, 2.45) is 0 Å². The van der Waals surface area contributed by atoms with E-state index in [-0.39, 0.29) is 31.4 Å². The molecule has 1 aromatic carbocycles. The average Bonchev–Trinajstić information content (AvgIpc) is 2.78. The van der Waals surface area contributed by atoms with Crippen molar-refractivity contribution in [1.29, 1.82) is 0 Å². The first-order valence-corrected chi connectivity index (χ1v) is 11.4. The molecule has 7 nitrogen and oxygen atoms in total. The molecule has 1 aromatic heterocycles. The molecule has 0 aliphatic carbocycles. The highest BCUT2D eigenvalue weighted by Crippen LogP contribution is 2.31. The number of carbonyl (C=O) groups excluding carboxylic acids is 1. The molecule has 1 aliphatic rings. The molecule has 0 radical (unpaired) electrons. The number of hydrogen-bond acceptors (Lipinski definition) is 6. The minimum Gasteiger partial charge on any atom is -0.490 e. The van der Waals surface area contributed by atoms with E-state index >= 15 is 0 Å². The highest BCUT2D eigenvalue weighted by atomic mass is 32.2. The van der Waals surface area contributed by atoms with Crippen molar-refractivity contribution in [3.63, 3.8) is 0 Å². The highest BCUT2D eigenvalue weighted by Gasteiger charge is 2.40. The summed E-state index contributed by atoms with van der Waals surface area (Å²) in [6.07, 6.45) is -2.72. The van der Waals surface area contributed by atoms with E-state index in [1.165, 1.54) is 22.6 Å². The fourth-order valence-corrected chi connectivity index (χ4v) is 5.25. The Bertz CT molecular complexity index is 1010. The zero-order chi connectivity index (χ0) is 23.4. The van der Waals surface area contributed by atoms with Crippen molar-refractivity contribution in [1.82, 2.24) is 9.29 Å². The minimum atomic E-state index is -4.43. The fraction of sp³-hybridized carbons (Fsp3) is 0.429. The first kappa shape index (κ1) is 24.0. The summed E-state index contributed by atoms with van der Waals surface area (Å²) in [6, 6.07) is 9.38. The third kappa shape index (κ3) is 5.77. The van der Waals surface area contributed by atoms with E-state index in [0.717, 1.165) is 19.2 Å². The standard InChI is InChI=1S/C21H23F3N2O5S/c1-30-20(27)19(14-16-4-2-3-11-25-16)32(28,29)26-12-9-18(10-13-26)31-17-7-5-15(6-8-17)21(22,23)24/h2-8,11,18-19H,9-10,12-14H2,1H3. The molecule has 32 heavy (non-hydrogen) atoms. The number of halogens is 3. The summed E-state index contributed by atoms with van der Waals surface area (Å²) in [7, 11) is -2.88. The normalized spacial score (nSPS) is 17.0. The maximum absolute atomic E-state index is 13.1. The van der Waals surface area contributed by atoms with Crippen LogP contribution in [0, 0.1) is 0 Å². The number of carbonyl (C=O) groups is 1. The van der Waals surface area contributed by atoms with Gasteiger partial charge in [0.15, 0.2) is 5.25 Å². The predicted molar refractivity (Wildman–Crippen MR) is 109 cm³/mol. The van der Waals surface area contributed by atoms with E-state index in [9.17, 15) is 26.4 Å². The zero-order valence-electron chi connectivity index (χ0n) is 17.3. The summed E-state index contributed by atoms with van der Waals surface area (Å²) in [5.41, 5.74) is -0.320. The van der Waals surface area contributed by atoms with E-state index < -0.39 is 33.0 Å². The van der Waals surface area contributed by atoms with Gasteiger partial charge in [0.25, 0.3) is 0 Å². The van der Waals surface area contributed by atoms with Gasteiger partial charge >= 0.3 is 12.1 Å². The van der Waals surface area contributed by atoms with Crippen molar-refractivity contribution in [3.05, 3.63) is 59.9 Å². The van der Waals surface area contributed by atoms with Gasteiger partial charge < -0.3 is 9.47 Å². The third-order valence-electron chi connectivity index (χ3n) is 5.19. The van der Waals surface area contributed by atoms with Crippen LogP contribution in [-0.2, 0) is 32.2 Å². The molecule has 2 aromatic rings. The van der Waals surface area contributed by atoms with Gasteiger partial charge in [-0.3, -0.25) is 9.78 Å². The van der Waals surface area contributed by atoms with Crippen molar-refractivity contribution in [2.75, 3.05) is 20.2 Å². The Morgan fingerprint density at radius 2 is 1.81 bits per heavy atom. The Morgan fingerprint density at radius 1 is 1.16 bits per heavy atom. The number of methoxy groups -OCH3 is 1. The first-order chi connectivity index (χ1) is 15.1. The van der Waals surface area contributed by atoms with Crippen LogP contribution in [0.2, 0.25) is 0 Å². The van der Waals surface area contributed by atoms with Gasteiger partial charge in [-0.15, -0.1) is 0 Å². The predicted octanol–water partition coefficient (Wildman–Crippen LogP) is 3.06. The van der Waals surface area contributed by atoms with Crippen molar-refractivity contribution in [2.45, 2.75) is 36.8 Å². The summed E-state index contributed by atoms with van der Waals surface area (Å²) in [5.74, 6) is -0.583. The molecule has 11 heteroatoms. The monoisotopic (exact) mass is 472 g/mol. The van der Waals surface area contributed by atoms with Crippen LogP contribution in [-0.4, -0.2) is 55.2 Å². The van der Waals surface area contributed by atoms with Crippen LogP contribution >= 0.6 is 0 Å². The number of sulfonamides is 1. The first-order valence-electron chi connectivity index (χ1n) is 9.92. The van der Waals surface area contributed by atoms with Crippen molar-refractivity contribution in [3.8, 4) is 5.75 Å². The zero-order valence-corrected chi connectivity index (χ0v) is 18.1. The van der Waals surface area contributed by atoms with Crippen LogP contribution in [0.4, 0.5) is 13.2 Å². The van der Waals surface area contributed by atoms with Gasteiger partial charge in [0.05, 0.1) is 12.7 Å². The molecule has 0 amide bonds. The Labute approximate surface area is 184 Å². The van der Waals surface area contributed by atoms with Crippen LogP contribution in [0.15, 0.2) is 48.7 Å². The molecule has 1 atom stereocenters. The number of aromatic nitrogens is 1. The SMILES string of the molecule is COC(=O)C(Cc1ccccn1)S(=O)(=O)N1CCC(Oc2ccc(C(F)(F)F)cc2)CC1. The molecule has 174 valence electrons. The molecular formula is C21H23F3N2O5S. The molecule has 1 saturated heterocycles. The molecule has 1 aliphatic heterocycles. The van der Waals surface area contributed by atoms with Crippen LogP contribution < -0.4 is 4.74 Å². The molecule has 0 N–H and O–H groups in total. The molecular weight excluding hydrogens is 449 g/mol. The van der Waals surface area contributed by atoms with Gasteiger partial charge in [-0.25, -0.2) is 12.7 Å². The van der Waals surface area contributed by atoms with E-state index in [4.69, 9.17) is 9.47 Å². The molecule has 1 unspecified atom stereocenters. The van der Waals surface area contributed by atoms with Crippen molar-refractivity contribution < 1.29 is 35.9 Å². The van der Waals surface area contributed by atoms with Gasteiger partial charge in [0, 0.05) is 31.4 Å². The highest BCUT2D eigenvalue weighted by molar-refractivity contribution is 7.90. The quantitative estimate of drug-likeness (QED) is 0.576. The number of piperidine rings is 1. The number of benzene rings is 1. The number of nitrogens with zero attached hydrogens (tertiary/aromatic N) is 2. The van der Waals surface area contributed by atoms with Crippen LogP contribution in [0.5, 0.6) is 5.75 Å². The molecule has 3 rings (SSSR count). The smallest absolute Gasteiger partial charge is 0.416 e. The van der Waals surface area contributed by atoms with Crippen LogP contribution in [0.3, 0.4) is 0 Å². The average molecular weight is 472 g/mol. The number of rotatable bonds is 7. The van der Waals surface area contributed by atoms with E-state index in [1.807, 2.05) is 0 Å². The second kappa shape index (κ2) is 9.86. The lowest BCUT2D eigenvalue weighted by molar-refractivity contribution is -0.140. The topological polar surface area (TPSA) is 85.8 Å². The summed E-state index contributed by atoms with van der Waals surface area (Å²) >= 11 is 0. The maximum Gasteiger partial charge on any atom is 0.416 e. The van der Waals surface area contributed by atoms with Crippen LogP contribution in [0.1, 0.15) is 24.1 Å². The molecule has 1 fully saturated rings. The van der Waals surface area contributed by atoms with Gasteiger partial charge in [-0.2, -0.15) is 13.2 Å². The Kier molecular flexibility index (Phi) is 7.40. The molecule has 0 spiro atoms. The Balaban J connectivity index is 1.63. The molecule has 0 saturated carbocycles. The van der Waals surface area contributed by atoms with E-state index in [1.54, 1.807) is 18.2 Å². The Morgan fingerprint density at radius 3 is 2.34 bits per heavy atom. The van der Waals surface area contributed by atoms with Gasteiger partial charge in [-0.05, 0) is 49.2 Å². The minimum absolute atomic E-state index is 0.113. The molecule has 2 heterocycles. The third-order valence-corrected chi connectivity index (χ3v) is 7.35. The number of alkyl halides is 3. The summed E-state index contributed by atoms with van der Waals surface area (Å²) in [5, 5.41) is -1.42. The maximum atomic E-state index is 13.1. The molecule has 0 bridgehead atoms. The lowest BCUT2D eigenvalue weighted by Gasteiger charge is -2.33. The second-order valence-electron chi connectivity index (χ2n) is 7.32. The number of pyridine rings is 1. The van der Waals surface area contributed by atoms with Crippen molar-refractivity contribution >= 4 is 16.0 Å². The van der Waals surface area contributed by atoms with E-state index in [2.05, 4.69) is 4.98 Å². The summed E-state index contributed by atoms with van der Waals surface area (Å²) in [4.78, 5) is 16.3. The largest absolute Gasteiger partial charge is 0.490 e.